The maximum absolute atomic E-state index is 12.2. The number of pyridine rings is 1. The van der Waals surface area contributed by atoms with Crippen LogP contribution in [0.5, 0.6) is 5.75 Å². The highest BCUT2D eigenvalue weighted by Gasteiger charge is 2.16. The van der Waals surface area contributed by atoms with Crippen LogP contribution in [-0.4, -0.2) is 17.1 Å². The molecular formula is C19H20N2O4. The first kappa shape index (κ1) is 16.8. The zero-order valence-corrected chi connectivity index (χ0v) is 14.2. The third-order valence-electron chi connectivity index (χ3n) is 3.84. The van der Waals surface area contributed by atoms with Gasteiger partial charge in [-0.3, -0.25) is 9.59 Å². The van der Waals surface area contributed by atoms with E-state index in [0.29, 0.717) is 23.7 Å². The number of nitrogens with one attached hydrogen (secondary N) is 1. The van der Waals surface area contributed by atoms with E-state index < -0.39 is 0 Å². The number of ether oxygens (including phenoxy) is 1. The van der Waals surface area contributed by atoms with Crippen LogP contribution in [0.4, 0.5) is 0 Å². The van der Waals surface area contributed by atoms with E-state index in [1.807, 2.05) is 38.1 Å². The zero-order valence-electron chi connectivity index (χ0n) is 14.2. The van der Waals surface area contributed by atoms with E-state index in [1.54, 1.807) is 18.3 Å². The Labute approximate surface area is 145 Å². The van der Waals surface area contributed by atoms with E-state index in [4.69, 9.17) is 9.15 Å². The van der Waals surface area contributed by atoms with Gasteiger partial charge in [0.1, 0.15) is 12.3 Å². The number of amides is 1. The minimum Gasteiger partial charge on any atom is -0.490 e. The van der Waals surface area contributed by atoms with E-state index in [1.165, 1.54) is 10.6 Å². The summed E-state index contributed by atoms with van der Waals surface area (Å²) in [5.41, 5.74) is 0.454. The molecule has 3 rings (SSSR count). The highest BCUT2D eigenvalue weighted by molar-refractivity contribution is 5.84. The number of carbonyl (C=O) groups is 1. The van der Waals surface area contributed by atoms with E-state index in [2.05, 4.69) is 5.32 Å². The second-order valence-corrected chi connectivity index (χ2v) is 5.71. The van der Waals surface area contributed by atoms with Crippen LogP contribution in [0.1, 0.15) is 25.6 Å². The van der Waals surface area contributed by atoms with Gasteiger partial charge in [-0.05, 0) is 32.0 Å². The van der Waals surface area contributed by atoms with Gasteiger partial charge in [0.15, 0.2) is 11.3 Å². The first-order valence-corrected chi connectivity index (χ1v) is 8.18. The molecule has 1 N–H and O–H groups in total. The number of nitrogens with zero attached hydrogens (tertiary/aromatic N) is 1. The molecule has 0 aliphatic rings. The summed E-state index contributed by atoms with van der Waals surface area (Å²) in [4.78, 5) is 23.9. The Morgan fingerprint density at radius 2 is 2.12 bits per heavy atom. The Morgan fingerprint density at radius 1 is 1.28 bits per heavy atom. The number of benzene rings is 1. The molecule has 1 atom stereocenters. The Balaban J connectivity index is 1.74. The lowest BCUT2D eigenvalue weighted by Crippen LogP contribution is -2.33. The fourth-order valence-electron chi connectivity index (χ4n) is 2.64. The third-order valence-corrected chi connectivity index (χ3v) is 3.84. The summed E-state index contributed by atoms with van der Waals surface area (Å²) >= 11 is 0. The van der Waals surface area contributed by atoms with Crippen molar-refractivity contribution in [1.82, 2.24) is 9.88 Å². The summed E-state index contributed by atoms with van der Waals surface area (Å²) in [5.74, 6) is 1.06. The van der Waals surface area contributed by atoms with Crippen LogP contribution in [0.15, 0.2) is 57.9 Å². The predicted molar refractivity (Wildman–Crippen MR) is 94.6 cm³/mol. The van der Waals surface area contributed by atoms with Gasteiger partial charge in [0, 0.05) is 17.6 Å². The van der Waals surface area contributed by atoms with Crippen LogP contribution in [0, 0.1) is 0 Å². The minimum atomic E-state index is -0.325. The molecule has 3 aromatic rings. The van der Waals surface area contributed by atoms with Crippen molar-refractivity contribution in [3.63, 3.8) is 0 Å². The quantitative estimate of drug-likeness (QED) is 0.749. The molecule has 2 aromatic heterocycles. The first-order valence-electron chi connectivity index (χ1n) is 8.18. The first-order chi connectivity index (χ1) is 12.1. The summed E-state index contributed by atoms with van der Waals surface area (Å²) in [6, 6.07) is 12.0. The lowest BCUT2D eigenvalue weighted by molar-refractivity contribution is -0.122. The summed E-state index contributed by atoms with van der Waals surface area (Å²) in [6.07, 6.45) is 1.59. The number of rotatable bonds is 6. The van der Waals surface area contributed by atoms with Gasteiger partial charge < -0.3 is 19.0 Å². The fraction of sp³-hybridized carbons (Fsp3) is 0.263. The van der Waals surface area contributed by atoms with Crippen molar-refractivity contribution < 1.29 is 13.9 Å². The Kier molecular flexibility index (Phi) is 4.88. The molecule has 0 aliphatic carbocycles. The lowest BCUT2D eigenvalue weighted by atomic mass is 10.2. The molecule has 1 unspecified atom stereocenters. The minimum absolute atomic E-state index is 0.0333. The summed E-state index contributed by atoms with van der Waals surface area (Å²) in [6.45, 7) is 4.27. The van der Waals surface area contributed by atoms with Crippen molar-refractivity contribution >= 4 is 16.9 Å². The zero-order chi connectivity index (χ0) is 17.8. The fourth-order valence-corrected chi connectivity index (χ4v) is 2.64. The van der Waals surface area contributed by atoms with Gasteiger partial charge in [-0.2, -0.15) is 0 Å². The van der Waals surface area contributed by atoms with Crippen molar-refractivity contribution in [2.24, 2.45) is 0 Å². The maximum atomic E-state index is 12.2. The highest BCUT2D eigenvalue weighted by atomic mass is 16.5. The van der Waals surface area contributed by atoms with E-state index in [0.717, 1.165) is 5.39 Å². The topological polar surface area (TPSA) is 73.5 Å². The van der Waals surface area contributed by atoms with Crippen LogP contribution >= 0.6 is 0 Å². The molecule has 0 aliphatic heterocycles. The molecule has 1 aromatic carbocycles. The smallest absolute Gasteiger partial charge is 0.250 e. The number of furan rings is 1. The van der Waals surface area contributed by atoms with Gasteiger partial charge in [0.2, 0.25) is 5.91 Å². The molecule has 0 fully saturated rings. The lowest BCUT2D eigenvalue weighted by Gasteiger charge is -2.12. The molecule has 0 saturated carbocycles. The van der Waals surface area contributed by atoms with Gasteiger partial charge in [-0.25, -0.2) is 0 Å². The molecule has 130 valence electrons. The van der Waals surface area contributed by atoms with Gasteiger partial charge in [-0.15, -0.1) is 0 Å². The Bertz CT molecular complexity index is 942. The number of aromatic nitrogens is 1. The molecule has 0 bridgehead atoms. The van der Waals surface area contributed by atoms with E-state index in [-0.39, 0.29) is 24.1 Å². The van der Waals surface area contributed by atoms with Gasteiger partial charge in [-0.1, -0.05) is 18.2 Å². The number of fused-ring (bicyclic) bond motifs is 1. The van der Waals surface area contributed by atoms with Gasteiger partial charge in [0.05, 0.1) is 12.6 Å². The van der Waals surface area contributed by atoms with Gasteiger partial charge >= 0.3 is 0 Å². The molecule has 6 nitrogen and oxygen atoms in total. The molecule has 25 heavy (non-hydrogen) atoms. The largest absolute Gasteiger partial charge is 0.490 e. The molecule has 6 heteroatoms. The summed E-state index contributed by atoms with van der Waals surface area (Å²) in [7, 11) is 0. The average Bonchev–Trinajstić information content (AvgIpc) is 3.03. The number of carbonyl (C=O) groups excluding carboxylic acids is 1. The highest BCUT2D eigenvalue weighted by Crippen LogP contribution is 2.31. The standard InChI is InChI=1S/C19H20N2O4/c1-3-24-15-8-6-7-14-11-16(25-19(14)15)13(2)20-17(22)12-21-10-5-4-9-18(21)23/h4-11,13H,3,12H2,1-2H3,(H,20,22). The Morgan fingerprint density at radius 3 is 2.88 bits per heavy atom. The molecular weight excluding hydrogens is 320 g/mol. The van der Waals surface area contributed by atoms with E-state index >= 15 is 0 Å². The third kappa shape index (κ3) is 3.74. The van der Waals surface area contributed by atoms with Crippen molar-refractivity contribution in [3.8, 4) is 5.75 Å². The number of hydrogen-bond acceptors (Lipinski definition) is 4. The monoisotopic (exact) mass is 340 g/mol. The molecule has 0 radical (unpaired) electrons. The van der Waals surface area contributed by atoms with Crippen LogP contribution in [0.25, 0.3) is 11.0 Å². The average molecular weight is 340 g/mol. The summed E-state index contributed by atoms with van der Waals surface area (Å²) < 4.78 is 12.8. The molecule has 2 heterocycles. The Hall–Kier alpha value is -3.02. The van der Waals surface area contributed by atoms with Crippen LogP contribution < -0.4 is 15.6 Å². The molecule has 0 spiro atoms. The summed E-state index contributed by atoms with van der Waals surface area (Å²) in [5, 5.41) is 3.77. The van der Waals surface area contributed by atoms with E-state index in [9.17, 15) is 9.59 Å². The maximum Gasteiger partial charge on any atom is 0.250 e. The van der Waals surface area contributed by atoms with Crippen LogP contribution in [0.2, 0.25) is 0 Å². The van der Waals surface area contributed by atoms with Gasteiger partial charge in [0.25, 0.3) is 5.56 Å². The van der Waals surface area contributed by atoms with Crippen molar-refractivity contribution in [2.75, 3.05) is 6.61 Å². The van der Waals surface area contributed by atoms with Crippen molar-refractivity contribution in [2.45, 2.75) is 26.4 Å². The van der Waals surface area contributed by atoms with Crippen LogP contribution in [0.3, 0.4) is 0 Å². The number of hydrogen-bond donors (Lipinski definition) is 1. The van der Waals surface area contributed by atoms with Crippen molar-refractivity contribution in [1.29, 1.82) is 0 Å². The second-order valence-electron chi connectivity index (χ2n) is 5.71. The SMILES string of the molecule is CCOc1cccc2cc(C(C)NC(=O)Cn3ccccc3=O)oc12. The second kappa shape index (κ2) is 7.25. The predicted octanol–water partition coefficient (Wildman–Crippen LogP) is 2.87. The molecule has 1 amide bonds. The molecule has 0 saturated heterocycles. The van der Waals surface area contributed by atoms with Crippen LogP contribution in [-0.2, 0) is 11.3 Å². The normalized spacial score (nSPS) is 12.1. The van der Waals surface area contributed by atoms with Crippen molar-refractivity contribution in [3.05, 3.63) is 64.8 Å². The number of para-hydroxylation sites is 1.